The van der Waals surface area contributed by atoms with Gasteiger partial charge in [0.25, 0.3) is 5.91 Å². The molecule has 7 rings (SSSR count). The molecule has 0 radical (unpaired) electrons. The predicted octanol–water partition coefficient (Wildman–Crippen LogP) is 2.35. The Hall–Kier alpha value is -2.60. The number of hydrogen-bond donors (Lipinski definition) is 3. The number of nitrogens with zero attached hydrogens (tertiary/aromatic N) is 2. The number of hydrogen-bond acceptors (Lipinski definition) is 5. The number of nitrogens with one attached hydrogen (secondary N) is 2. The van der Waals surface area contributed by atoms with Gasteiger partial charge in [-0.25, -0.2) is 0 Å². The number of amides is 1. The number of fused-ring (bicyclic) bond motifs is 1. The molecule has 1 aromatic rings. The Kier molecular flexibility index (Phi) is 3.91. The van der Waals surface area contributed by atoms with Crippen molar-refractivity contribution in [1.29, 1.82) is 0 Å². The molecule has 6 aliphatic rings. The molecule has 6 heteroatoms. The fourth-order valence-corrected chi connectivity index (χ4v) is 6.99. The van der Waals surface area contributed by atoms with E-state index in [1.54, 1.807) is 6.20 Å². The van der Waals surface area contributed by atoms with Crippen LogP contribution in [0.4, 0.5) is 0 Å². The van der Waals surface area contributed by atoms with Gasteiger partial charge < -0.3 is 20.6 Å². The van der Waals surface area contributed by atoms with E-state index < -0.39 is 5.60 Å². The lowest BCUT2D eigenvalue weighted by Crippen LogP contribution is -2.65. The van der Waals surface area contributed by atoms with E-state index in [0.717, 1.165) is 43.4 Å². The number of rotatable bonds is 4. The normalized spacial score (nSPS) is 38.0. The maximum atomic E-state index is 13.5. The minimum absolute atomic E-state index is 0.0216. The molecular weight excluding hydrogens is 376 g/mol. The van der Waals surface area contributed by atoms with Gasteiger partial charge >= 0.3 is 0 Å². The summed E-state index contributed by atoms with van der Waals surface area (Å²) >= 11 is 0. The highest BCUT2D eigenvalue weighted by atomic mass is 16.3. The Balaban J connectivity index is 1.24. The lowest BCUT2D eigenvalue weighted by atomic mass is 9.51. The summed E-state index contributed by atoms with van der Waals surface area (Å²) in [6, 6.07) is 4.00. The minimum atomic E-state index is -0.583. The van der Waals surface area contributed by atoms with Crippen molar-refractivity contribution in [2.75, 3.05) is 0 Å². The van der Waals surface area contributed by atoms with Gasteiger partial charge in [0.1, 0.15) is 11.9 Å². The Morgan fingerprint density at radius 2 is 2.10 bits per heavy atom. The number of aliphatic hydroxyl groups is 1. The highest BCUT2D eigenvalue weighted by Gasteiger charge is 2.58. The van der Waals surface area contributed by atoms with E-state index in [1.165, 1.54) is 6.42 Å². The van der Waals surface area contributed by atoms with Gasteiger partial charge in [-0.05, 0) is 74.1 Å². The van der Waals surface area contributed by atoms with Crippen LogP contribution in [0.15, 0.2) is 60.3 Å². The van der Waals surface area contributed by atoms with E-state index in [2.05, 4.69) is 26.6 Å². The molecular formula is C24H28N4O2. The third-order valence-corrected chi connectivity index (χ3v) is 7.58. The van der Waals surface area contributed by atoms with Crippen LogP contribution < -0.4 is 10.6 Å². The molecule has 4 fully saturated rings. The topological polar surface area (TPSA) is 77.5 Å². The third-order valence-electron chi connectivity index (χ3n) is 7.58. The third kappa shape index (κ3) is 2.97. The van der Waals surface area contributed by atoms with Crippen LogP contribution in [0.2, 0.25) is 0 Å². The molecule has 4 saturated carbocycles. The molecule has 3 N–H and O–H groups in total. The lowest BCUT2D eigenvalue weighted by molar-refractivity contribution is -0.149. The summed E-state index contributed by atoms with van der Waals surface area (Å²) in [5.74, 6) is 1.03. The number of carbonyl (C=O) groups is 1. The van der Waals surface area contributed by atoms with Crippen molar-refractivity contribution in [2.24, 2.45) is 11.8 Å². The van der Waals surface area contributed by atoms with Gasteiger partial charge in [-0.2, -0.15) is 0 Å². The van der Waals surface area contributed by atoms with Crippen LogP contribution in [0.5, 0.6) is 0 Å². The zero-order valence-electron chi connectivity index (χ0n) is 17.1. The molecule has 1 amide bonds. The van der Waals surface area contributed by atoms with Crippen LogP contribution in [0, 0.1) is 11.8 Å². The van der Waals surface area contributed by atoms with Crippen LogP contribution >= 0.6 is 0 Å². The van der Waals surface area contributed by atoms with Crippen molar-refractivity contribution in [2.45, 2.75) is 62.3 Å². The smallest absolute Gasteiger partial charge is 0.270 e. The average molecular weight is 405 g/mol. The summed E-state index contributed by atoms with van der Waals surface area (Å²) in [4.78, 5) is 19.8. The van der Waals surface area contributed by atoms with E-state index in [0.29, 0.717) is 24.0 Å². The molecule has 4 aliphatic carbocycles. The second kappa shape index (κ2) is 6.45. The van der Waals surface area contributed by atoms with Gasteiger partial charge in [0, 0.05) is 30.6 Å². The van der Waals surface area contributed by atoms with E-state index in [4.69, 9.17) is 0 Å². The van der Waals surface area contributed by atoms with Gasteiger partial charge in [-0.1, -0.05) is 12.1 Å². The maximum absolute atomic E-state index is 13.5. The number of aromatic nitrogens is 1. The molecule has 3 atom stereocenters. The summed E-state index contributed by atoms with van der Waals surface area (Å²) in [6.07, 6.45) is 18.1. The molecule has 0 spiro atoms. The van der Waals surface area contributed by atoms with Crippen LogP contribution in [0.3, 0.4) is 0 Å². The van der Waals surface area contributed by atoms with Crippen LogP contribution in [0.1, 0.15) is 44.1 Å². The zero-order chi connectivity index (χ0) is 20.3. The lowest BCUT2D eigenvalue weighted by Gasteiger charge is -2.60. The summed E-state index contributed by atoms with van der Waals surface area (Å²) in [5.41, 5.74) is 1.83. The molecule has 6 nitrogen and oxygen atoms in total. The van der Waals surface area contributed by atoms with E-state index in [1.807, 2.05) is 36.7 Å². The maximum Gasteiger partial charge on any atom is 0.270 e. The Morgan fingerprint density at radius 1 is 1.27 bits per heavy atom. The van der Waals surface area contributed by atoms with Gasteiger partial charge in [0.15, 0.2) is 0 Å². The van der Waals surface area contributed by atoms with E-state index in [9.17, 15) is 9.90 Å². The largest absolute Gasteiger partial charge is 0.390 e. The van der Waals surface area contributed by atoms with Gasteiger partial charge in [0.2, 0.25) is 0 Å². The van der Waals surface area contributed by atoms with Crippen LogP contribution in [-0.2, 0) is 11.2 Å². The first-order valence-corrected chi connectivity index (χ1v) is 11.1. The number of pyridine rings is 1. The summed E-state index contributed by atoms with van der Waals surface area (Å²) in [6.45, 7) is 0. The molecule has 156 valence electrons. The van der Waals surface area contributed by atoms with Gasteiger partial charge in [0.05, 0.1) is 11.3 Å². The highest BCUT2D eigenvalue weighted by molar-refractivity contribution is 5.95. The molecule has 4 bridgehead atoms. The number of carbonyl (C=O) groups excluding carboxylic acids is 1. The first kappa shape index (κ1) is 18.2. The van der Waals surface area contributed by atoms with Crippen LogP contribution in [0.25, 0.3) is 0 Å². The molecule has 3 unspecified atom stereocenters. The van der Waals surface area contributed by atoms with Crippen molar-refractivity contribution in [1.82, 2.24) is 20.5 Å². The first-order valence-electron chi connectivity index (χ1n) is 11.1. The quantitative estimate of drug-likeness (QED) is 0.718. The van der Waals surface area contributed by atoms with Crippen molar-refractivity contribution < 1.29 is 9.90 Å². The molecule has 30 heavy (non-hydrogen) atoms. The Labute approximate surface area is 176 Å². The number of allylic oxidation sites excluding steroid dienone is 3. The van der Waals surface area contributed by atoms with E-state index in [-0.39, 0.29) is 17.6 Å². The fraction of sp³-hybridized carbons (Fsp3) is 0.500. The summed E-state index contributed by atoms with van der Waals surface area (Å²) in [7, 11) is 0. The monoisotopic (exact) mass is 404 g/mol. The molecule has 2 aliphatic heterocycles. The Bertz CT molecular complexity index is 953. The van der Waals surface area contributed by atoms with E-state index >= 15 is 0 Å². The first-order chi connectivity index (χ1) is 14.5. The highest BCUT2D eigenvalue weighted by Crippen LogP contribution is 2.57. The van der Waals surface area contributed by atoms with Crippen molar-refractivity contribution in [3.05, 3.63) is 65.9 Å². The van der Waals surface area contributed by atoms with Crippen molar-refractivity contribution in [3.8, 4) is 0 Å². The minimum Gasteiger partial charge on any atom is -0.390 e. The van der Waals surface area contributed by atoms with Crippen molar-refractivity contribution in [3.63, 3.8) is 0 Å². The summed E-state index contributed by atoms with van der Waals surface area (Å²) < 4.78 is 0. The zero-order valence-corrected chi connectivity index (χ0v) is 17.1. The molecule has 1 aromatic heterocycles. The molecule has 0 aromatic carbocycles. The predicted molar refractivity (Wildman–Crippen MR) is 113 cm³/mol. The molecule has 0 saturated heterocycles. The summed E-state index contributed by atoms with van der Waals surface area (Å²) in [5, 5.41) is 17.9. The second-order valence-electron chi connectivity index (χ2n) is 10.0. The fourth-order valence-electron chi connectivity index (χ4n) is 6.99. The average Bonchev–Trinajstić information content (AvgIpc) is 3.05. The van der Waals surface area contributed by atoms with Crippen LogP contribution in [-0.4, -0.2) is 38.2 Å². The standard InChI is InChI=1S/C24H28N4O2/c29-22(27-23-10-17-8-18(11-23)13-24(30,12-17)15-23)21-19-5-1-2-7-28(19)20(26-21)9-16-4-3-6-25-14-16/h1-7,14,17-18,20,26,30H,8-13,15H2,(H,27,29). The Morgan fingerprint density at radius 3 is 2.83 bits per heavy atom. The van der Waals surface area contributed by atoms with Crippen molar-refractivity contribution >= 4 is 5.91 Å². The van der Waals surface area contributed by atoms with Gasteiger partial charge in [-0.15, -0.1) is 0 Å². The SMILES string of the molecule is O=C(NC12CC3CC(CC(O)(C3)C1)C2)C1=C2C=CC=CN2C(Cc2cccnc2)N1. The molecule has 3 heterocycles. The second-order valence-corrected chi connectivity index (χ2v) is 10.0. The van der Waals surface area contributed by atoms with Gasteiger partial charge in [-0.3, -0.25) is 9.78 Å².